The first-order chi connectivity index (χ1) is 16.4. The molecule has 0 saturated heterocycles. The van der Waals surface area contributed by atoms with Crippen LogP contribution in [0.15, 0.2) is 42.5 Å². The third-order valence-corrected chi connectivity index (χ3v) is 6.95. The molecule has 0 radical (unpaired) electrons. The average molecular weight is 504 g/mol. The number of hydrogen-bond acceptors (Lipinski definition) is 5. The van der Waals surface area contributed by atoms with Gasteiger partial charge < -0.3 is 15.0 Å². The lowest BCUT2D eigenvalue weighted by Gasteiger charge is -2.33. The van der Waals surface area contributed by atoms with Gasteiger partial charge in [0.2, 0.25) is 21.8 Å². The van der Waals surface area contributed by atoms with E-state index in [1.807, 2.05) is 52.8 Å². The van der Waals surface area contributed by atoms with Crippen LogP contribution in [0, 0.1) is 13.8 Å². The Bertz CT molecular complexity index is 1150. The van der Waals surface area contributed by atoms with E-state index in [0.29, 0.717) is 17.9 Å². The number of nitrogens with zero attached hydrogens (tertiary/aromatic N) is 2. The van der Waals surface area contributed by atoms with Crippen molar-refractivity contribution < 1.29 is 22.7 Å². The quantitative estimate of drug-likeness (QED) is 0.507. The van der Waals surface area contributed by atoms with E-state index in [0.717, 1.165) is 27.3 Å². The van der Waals surface area contributed by atoms with Crippen molar-refractivity contribution in [2.75, 3.05) is 24.2 Å². The van der Waals surface area contributed by atoms with Gasteiger partial charge in [-0.3, -0.25) is 13.9 Å². The van der Waals surface area contributed by atoms with E-state index in [2.05, 4.69) is 5.32 Å². The van der Waals surface area contributed by atoms with Gasteiger partial charge in [-0.15, -0.1) is 0 Å². The average Bonchev–Trinajstić information content (AvgIpc) is 2.78. The summed E-state index contributed by atoms with van der Waals surface area (Å²) in [6.45, 7) is 8.96. The molecule has 0 fully saturated rings. The lowest BCUT2D eigenvalue weighted by molar-refractivity contribution is -0.140. The first-order valence-electron chi connectivity index (χ1n) is 11.7. The fraction of sp³-hybridized carbons (Fsp3) is 0.462. The Hall–Kier alpha value is -3.07. The first-order valence-corrected chi connectivity index (χ1v) is 13.5. The molecule has 8 nitrogen and oxygen atoms in total. The highest BCUT2D eigenvalue weighted by Gasteiger charge is 2.32. The van der Waals surface area contributed by atoms with Crippen LogP contribution in [0.2, 0.25) is 0 Å². The SMILES string of the molecule is CC[C@@H](C(=O)NC(C)C)N(Cc1cccc(OC)c1)C(=O)CN(c1cccc(C)c1C)S(C)(=O)=O. The molecule has 1 N–H and O–H groups in total. The molecule has 0 heterocycles. The molecular formula is C26H37N3O5S. The lowest BCUT2D eigenvalue weighted by Crippen LogP contribution is -2.53. The monoisotopic (exact) mass is 503 g/mol. The van der Waals surface area contributed by atoms with Gasteiger partial charge in [-0.1, -0.05) is 31.2 Å². The minimum absolute atomic E-state index is 0.104. The molecule has 2 amide bonds. The number of amides is 2. The molecule has 2 aromatic carbocycles. The fourth-order valence-corrected chi connectivity index (χ4v) is 4.77. The zero-order valence-electron chi connectivity index (χ0n) is 21.7. The molecule has 2 aromatic rings. The Balaban J connectivity index is 2.50. The molecule has 0 unspecified atom stereocenters. The number of ether oxygens (including phenoxy) is 1. The van der Waals surface area contributed by atoms with Gasteiger partial charge in [0.25, 0.3) is 0 Å². The van der Waals surface area contributed by atoms with Crippen LogP contribution in [0.1, 0.15) is 43.9 Å². The Morgan fingerprint density at radius 3 is 2.31 bits per heavy atom. The molecule has 0 aliphatic carbocycles. The maximum absolute atomic E-state index is 13.7. The van der Waals surface area contributed by atoms with Crippen LogP contribution in [0.4, 0.5) is 5.69 Å². The van der Waals surface area contributed by atoms with E-state index in [1.54, 1.807) is 31.4 Å². The highest BCUT2D eigenvalue weighted by Crippen LogP contribution is 2.26. The van der Waals surface area contributed by atoms with Crippen LogP contribution < -0.4 is 14.4 Å². The summed E-state index contributed by atoms with van der Waals surface area (Å²) in [5.74, 6) is -0.121. The molecule has 0 saturated carbocycles. The Labute approximate surface area is 209 Å². The zero-order valence-corrected chi connectivity index (χ0v) is 22.5. The summed E-state index contributed by atoms with van der Waals surface area (Å²) < 4.78 is 32.0. The summed E-state index contributed by atoms with van der Waals surface area (Å²) in [6, 6.07) is 11.7. The van der Waals surface area contributed by atoms with E-state index in [4.69, 9.17) is 4.74 Å². The van der Waals surface area contributed by atoms with Crippen molar-refractivity contribution in [3.8, 4) is 5.75 Å². The predicted octanol–water partition coefficient (Wildman–Crippen LogP) is 3.41. The molecule has 192 valence electrons. The van der Waals surface area contributed by atoms with Crippen LogP contribution in [0.25, 0.3) is 0 Å². The summed E-state index contributed by atoms with van der Waals surface area (Å²) in [4.78, 5) is 28.2. The second-order valence-electron chi connectivity index (χ2n) is 8.95. The topological polar surface area (TPSA) is 96.0 Å². The number of aryl methyl sites for hydroxylation is 1. The Morgan fingerprint density at radius 1 is 1.09 bits per heavy atom. The number of sulfonamides is 1. The molecule has 0 aliphatic rings. The number of rotatable bonds is 11. The van der Waals surface area contributed by atoms with Crippen LogP contribution >= 0.6 is 0 Å². The molecule has 0 spiro atoms. The van der Waals surface area contributed by atoms with Crippen molar-refractivity contribution in [1.29, 1.82) is 0 Å². The van der Waals surface area contributed by atoms with Gasteiger partial charge in [0.15, 0.2) is 0 Å². The van der Waals surface area contributed by atoms with Crippen LogP contribution in [-0.2, 0) is 26.2 Å². The van der Waals surface area contributed by atoms with Gasteiger partial charge in [-0.05, 0) is 69.0 Å². The molecule has 2 rings (SSSR count). The normalized spacial score (nSPS) is 12.2. The van der Waals surface area contributed by atoms with Gasteiger partial charge in [-0.25, -0.2) is 8.42 Å². The Morgan fingerprint density at radius 2 is 1.74 bits per heavy atom. The summed E-state index contributed by atoms with van der Waals surface area (Å²) in [6.07, 6.45) is 1.45. The third-order valence-electron chi connectivity index (χ3n) is 5.83. The molecule has 0 aromatic heterocycles. The molecule has 35 heavy (non-hydrogen) atoms. The minimum Gasteiger partial charge on any atom is -0.497 e. The van der Waals surface area contributed by atoms with E-state index in [-0.39, 0.29) is 18.5 Å². The van der Waals surface area contributed by atoms with Gasteiger partial charge in [-0.2, -0.15) is 0 Å². The standard InChI is InChI=1S/C26H37N3O5S/c1-8-23(26(31)27-18(2)3)28(16-21-12-10-13-22(15-21)34-6)25(30)17-29(35(7,32)33)24-14-9-11-19(4)20(24)5/h9-15,18,23H,8,16-17H2,1-7H3,(H,27,31)/t23-/m0/s1. The second-order valence-corrected chi connectivity index (χ2v) is 10.9. The number of methoxy groups -OCH3 is 1. The Kier molecular flexibility index (Phi) is 9.71. The number of hydrogen-bond donors (Lipinski definition) is 1. The summed E-state index contributed by atoms with van der Waals surface area (Å²) >= 11 is 0. The highest BCUT2D eigenvalue weighted by molar-refractivity contribution is 7.92. The molecule has 0 aliphatic heterocycles. The summed E-state index contributed by atoms with van der Waals surface area (Å²) in [7, 11) is -2.22. The number of carbonyl (C=O) groups is 2. The van der Waals surface area contributed by atoms with Crippen LogP contribution in [-0.4, -0.2) is 57.1 Å². The van der Waals surface area contributed by atoms with Crippen molar-refractivity contribution in [2.24, 2.45) is 0 Å². The number of anilines is 1. The molecule has 0 bridgehead atoms. The van der Waals surface area contributed by atoms with Crippen LogP contribution in [0.5, 0.6) is 5.75 Å². The largest absolute Gasteiger partial charge is 0.497 e. The minimum atomic E-state index is -3.78. The first kappa shape index (κ1) is 28.2. The van der Waals surface area contributed by atoms with Crippen molar-refractivity contribution in [3.05, 3.63) is 59.2 Å². The highest BCUT2D eigenvalue weighted by atomic mass is 32.2. The maximum Gasteiger partial charge on any atom is 0.244 e. The second kappa shape index (κ2) is 12.1. The molecule has 1 atom stereocenters. The van der Waals surface area contributed by atoms with Gasteiger partial charge in [0.05, 0.1) is 19.1 Å². The molecular weight excluding hydrogens is 466 g/mol. The van der Waals surface area contributed by atoms with E-state index in [9.17, 15) is 18.0 Å². The van der Waals surface area contributed by atoms with Gasteiger partial charge in [0, 0.05) is 12.6 Å². The predicted molar refractivity (Wildman–Crippen MR) is 139 cm³/mol. The number of benzene rings is 2. The number of carbonyl (C=O) groups excluding carboxylic acids is 2. The van der Waals surface area contributed by atoms with E-state index >= 15 is 0 Å². The molecule has 9 heteroatoms. The van der Waals surface area contributed by atoms with Crippen LogP contribution in [0.3, 0.4) is 0 Å². The van der Waals surface area contributed by atoms with Crippen molar-refractivity contribution in [2.45, 2.75) is 59.7 Å². The number of nitrogens with one attached hydrogen (secondary N) is 1. The summed E-state index contributed by atoms with van der Waals surface area (Å²) in [5, 5.41) is 2.88. The zero-order chi connectivity index (χ0) is 26.3. The maximum atomic E-state index is 13.7. The fourth-order valence-electron chi connectivity index (χ4n) is 3.87. The lowest BCUT2D eigenvalue weighted by atomic mass is 10.1. The van der Waals surface area contributed by atoms with Crippen molar-refractivity contribution in [1.82, 2.24) is 10.2 Å². The van der Waals surface area contributed by atoms with Gasteiger partial charge >= 0.3 is 0 Å². The van der Waals surface area contributed by atoms with E-state index in [1.165, 1.54) is 4.90 Å². The smallest absolute Gasteiger partial charge is 0.244 e. The van der Waals surface area contributed by atoms with Crippen molar-refractivity contribution in [3.63, 3.8) is 0 Å². The van der Waals surface area contributed by atoms with E-state index < -0.39 is 28.5 Å². The van der Waals surface area contributed by atoms with Gasteiger partial charge in [0.1, 0.15) is 18.3 Å². The summed E-state index contributed by atoms with van der Waals surface area (Å²) in [5.41, 5.74) is 2.90. The van der Waals surface area contributed by atoms with Crippen molar-refractivity contribution >= 4 is 27.5 Å². The third kappa shape index (κ3) is 7.45.